The summed E-state index contributed by atoms with van der Waals surface area (Å²) in [6, 6.07) is 13.2. The lowest BCUT2D eigenvalue weighted by molar-refractivity contribution is -0.286. The van der Waals surface area contributed by atoms with Crippen LogP contribution in [0.15, 0.2) is 54.9 Å². The number of halogens is 3. The zero-order chi connectivity index (χ0) is 24.7. The fourth-order valence-electron chi connectivity index (χ4n) is 3.41. The quantitative estimate of drug-likeness (QED) is 0.341. The number of carbonyl (C=O) groups excluding carboxylic acids is 1. The molecular formula is C22H16ClF2N5O4S. The van der Waals surface area contributed by atoms with Crippen molar-refractivity contribution in [1.29, 1.82) is 0 Å². The summed E-state index contributed by atoms with van der Waals surface area (Å²) in [4.78, 5) is 16.4. The van der Waals surface area contributed by atoms with E-state index in [1.807, 2.05) is 12.1 Å². The van der Waals surface area contributed by atoms with Gasteiger partial charge in [-0.15, -0.1) is 25.2 Å². The van der Waals surface area contributed by atoms with Gasteiger partial charge in [-0.2, -0.15) is 4.98 Å². The molecule has 0 aliphatic carbocycles. The van der Waals surface area contributed by atoms with Crippen LogP contribution in [0, 0.1) is 0 Å². The van der Waals surface area contributed by atoms with Crippen LogP contribution in [-0.4, -0.2) is 27.0 Å². The zero-order valence-corrected chi connectivity index (χ0v) is 19.4. The Hall–Kier alpha value is -3.90. The van der Waals surface area contributed by atoms with E-state index < -0.39 is 18.3 Å². The van der Waals surface area contributed by atoms with Crippen LogP contribution >= 0.6 is 22.9 Å². The predicted molar refractivity (Wildman–Crippen MR) is 124 cm³/mol. The predicted octanol–water partition coefficient (Wildman–Crippen LogP) is 5.29. The Morgan fingerprint density at radius 1 is 1.26 bits per heavy atom. The number of para-hydroxylation sites is 1. The van der Waals surface area contributed by atoms with Crippen LogP contribution in [0.2, 0.25) is 5.02 Å². The summed E-state index contributed by atoms with van der Waals surface area (Å²) in [7, 11) is 0. The van der Waals surface area contributed by atoms with Gasteiger partial charge in [0.2, 0.25) is 5.95 Å². The number of fused-ring (bicyclic) bond motifs is 1. The molecule has 9 nitrogen and oxygen atoms in total. The summed E-state index contributed by atoms with van der Waals surface area (Å²) in [5.41, 5.74) is 6.49. The topological polar surface area (TPSA) is 114 Å². The number of nitrogens with zero attached hydrogens (tertiary/aromatic N) is 3. The van der Waals surface area contributed by atoms with Gasteiger partial charge in [0.1, 0.15) is 28.1 Å². The van der Waals surface area contributed by atoms with Crippen LogP contribution in [0.1, 0.15) is 28.3 Å². The fourth-order valence-corrected chi connectivity index (χ4v) is 4.56. The second-order valence-corrected chi connectivity index (χ2v) is 8.80. The Morgan fingerprint density at radius 3 is 2.83 bits per heavy atom. The summed E-state index contributed by atoms with van der Waals surface area (Å²) >= 11 is 7.31. The van der Waals surface area contributed by atoms with E-state index >= 15 is 0 Å². The van der Waals surface area contributed by atoms with Crippen LogP contribution < -0.4 is 25.3 Å². The SMILES string of the molecule is CC(Oc1cc(-n2cnc(Nc3cccc4c3OC(F)(F)O4)n2)sc1C(N)=O)c1ccccc1Cl. The molecule has 1 aliphatic rings. The number of alkyl halides is 2. The van der Waals surface area contributed by atoms with Crippen molar-refractivity contribution in [2.45, 2.75) is 19.3 Å². The number of carbonyl (C=O) groups is 1. The molecule has 180 valence electrons. The van der Waals surface area contributed by atoms with Crippen LogP contribution in [0.25, 0.3) is 5.00 Å². The maximum atomic E-state index is 13.4. The first-order valence-corrected chi connectivity index (χ1v) is 11.3. The van der Waals surface area contributed by atoms with Crippen molar-refractivity contribution >= 4 is 40.5 Å². The molecule has 0 saturated heterocycles. The van der Waals surface area contributed by atoms with Crippen molar-refractivity contribution in [2.75, 3.05) is 5.32 Å². The molecule has 0 radical (unpaired) electrons. The minimum absolute atomic E-state index is 0.0955. The molecule has 4 aromatic rings. The monoisotopic (exact) mass is 519 g/mol. The number of aromatic nitrogens is 3. The van der Waals surface area contributed by atoms with Gasteiger partial charge in [0, 0.05) is 16.7 Å². The number of hydrogen-bond donors (Lipinski definition) is 2. The molecule has 0 bridgehead atoms. The first-order chi connectivity index (χ1) is 16.7. The molecule has 35 heavy (non-hydrogen) atoms. The summed E-state index contributed by atoms with van der Waals surface area (Å²) < 4.78 is 43.3. The molecular weight excluding hydrogens is 504 g/mol. The summed E-state index contributed by atoms with van der Waals surface area (Å²) in [6.45, 7) is 1.80. The fraction of sp³-hybridized carbons (Fsp3) is 0.136. The number of ether oxygens (including phenoxy) is 3. The van der Waals surface area contributed by atoms with Crippen LogP contribution in [0.3, 0.4) is 0 Å². The number of thiophene rings is 1. The third-order valence-corrected chi connectivity index (χ3v) is 6.41. The molecule has 1 aliphatic heterocycles. The Labute approximate surface area is 206 Å². The highest BCUT2D eigenvalue weighted by Crippen LogP contribution is 2.46. The minimum atomic E-state index is -3.76. The molecule has 1 atom stereocenters. The highest BCUT2D eigenvalue weighted by Gasteiger charge is 2.44. The number of rotatable bonds is 7. The average molecular weight is 520 g/mol. The normalized spacial score (nSPS) is 14.5. The zero-order valence-electron chi connectivity index (χ0n) is 17.9. The van der Waals surface area contributed by atoms with Gasteiger partial charge in [-0.05, 0) is 25.1 Å². The van der Waals surface area contributed by atoms with Crippen molar-refractivity contribution in [3.63, 3.8) is 0 Å². The number of anilines is 2. The van der Waals surface area contributed by atoms with E-state index in [0.29, 0.717) is 10.0 Å². The lowest BCUT2D eigenvalue weighted by atomic mass is 10.1. The second-order valence-electron chi connectivity index (χ2n) is 7.36. The van der Waals surface area contributed by atoms with Crippen molar-refractivity contribution < 1.29 is 27.8 Å². The summed E-state index contributed by atoms with van der Waals surface area (Å²) in [6.07, 6.45) is -2.83. The van der Waals surface area contributed by atoms with E-state index in [0.717, 1.165) is 16.9 Å². The Kier molecular flexibility index (Phi) is 5.69. The lowest BCUT2D eigenvalue weighted by Gasteiger charge is -2.16. The van der Waals surface area contributed by atoms with Gasteiger partial charge in [-0.3, -0.25) is 4.79 Å². The third kappa shape index (κ3) is 4.57. The van der Waals surface area contributed by atoms with E-state index in [-0.39, 0.29) is 33.8 Å². The van der Waals surface area contributed by atoms with Crippen molar-refractivity contribution in [2.24, 2.45) is 5.73 Å². The van der Waals surface area contributed by atoms with E-state index in [2.05, 4.69) is 24.9 Å². The van der Waals surface area contributed by atoms with E-state index in [4.69, 9.17) is 22.1 Å². The average Bonchev–Trinajstić information content (AvgIpc) is 3.50. The van der Waals surface area contributed by atoms with Crippen molar-refractivity contribution in [3.8, 4) is 22.2 Å². The molecule has 3 heterocycles. The molecule has 0 fully saturated rings. The number of hydrogen-bond acceptors (Lipinski definition) is 8. The van der Waals surface area contributed by atoms with Gasteiger partial charge in [0.05, 0.1) is 5.69 Å². The van der Waals surface area contributed by atoms with E-state index in [1.165, 1.54) is 29.2 Å². The van der Waals surface area contributed by atoms with Gasteiger partial charge >= 0.3 is 6.29 Å². The van der Waals surface area contributed by atoms with Crippen molar-refractivity contribution in [3.05, 3.63) is 70.3 Å². The Morgan fingerprint density at radius 2 is 2.06 bits per heavy atom. The standard InChI is InChI=1S/C22H16ClF2N5O4S/c1-11(12-5-2-3-6-13(12)23)32-16-9-17(35-19(16)20(26)31)30-10-27-21(29-30)28-14-7-4-8-15-18(14)34-22(24,25)33-15/h2-11H,1H3,(H2,26,31)(H,28,29). The molecule has 3 N–H and O–H groups in total. The molecule has 13 heteroatoms. The second kappa shape index (κ2) is 8.71. The molecule has 5 rings (SSSR count). The van der Waals surface area contributed by atoms with Crippen molar-refractivity contribution in [1.82, 2.24) is 14.8 Å². The summed E-state index contributed by atoms with van der Waals surface area (Å²) in [5, 5.41) is 8.14. The number of primary amides is 1. The molecule has 1 amide bonds. The number of benzene rings is 2. The van der Waals surface area contributed by atoms with Gasteiger partial charge in [-0.25, -0.2) is 4.68 Å². The molecule has 2 aromatic heterocycles. The van der Waals surface area contributed by atoms with E-state index in [1.54, 1.807) is 25.1 Å². The number of amides is 1. The van der Waals surface area contributed by atoms with Gasteiger partial charge < -0.3 is 25.3 Å². The highest BCUT2D eigenvalue weighted by molar-refractivity contribution is 7.16. The Balaban J connectivity index is 1.39. The largest absolute Gasteiger partial charge is 0.586 e. The first-order valence-electron chi connectivity index (χ1n) is 10.1. The number of nitrogens with one attached hydrogen (secondary N) is 1. The maximum Gasteiger partial charge on any atom is 0.586 e. The van der Waals surface area contributed by atoms with Crippen LogP contribution in [0.5, 0.6) is 17.2 Å². The minimum Gasteiger partial charge on any atom is -0.484 e. The van der Waals surface area contributed by atoms with Crippen LogP contribution in [-0.2, 0) is 0 Å². The lowest BCUT2D eigenvalue weighted by Crippen LogP contribution is -2.26. The number of nitrogens with two attached hydrogens (primary N) is 1. The van der Waals surface area contributed by atoms with Crippen LogP contribution in [0.4, 0.5) is 20.4 Å². The van der Waals surface area contributed by atoms with E-state index in [9.17, 15) is 13.6 Å². The maximum absolute atomic E-state index is 13.4. The molecule has 1 unspecified atom stereocenters. The molecule has 0 spiro atoms. The summed E-state index contributed by atoms with van der Waals surface area (Å²) in [5.74, 6) is -0.579. The van der Waals surface area contributed by atoms with Gasteiger partial charge in [0.15, 0.2) is 11.5 Å². The van der Waals surface area contributed by atoms with Gasteiger partial charge in [0.25, 0.3) is 5.91 Å². The highest BCUT2D eigenvalue weighted by atomic mass is 35.5. The Bertz CT molecular complexity index is 1430. The first kappa shape index (κ1) is 22.9. The molecule has 2 aromatic carbocycles. The van der Waals surface area contributed by atoms with Gasteiger partial charge in [-0.1, -0.05) is 35.9 Å². The third-order valence-electron chi connectivity index (χ3n) is 4.95. The smallest absolute Gasteiger partial charge is 0.484 e. The molecule has 0 saturated carbocycles.